The van der Waals surface area contributed by atoms with Crippen LogP contribution in [0.25, 0.3) is 17.7 Å². The lowest BCUT2D eigenvalue weighted by Gasteiger charge is -2.20. The fourth-order valence-electron chi connectivity index (χ4n) is 3.05. The first kappa shape index (κ1) is 22.3. The van der Waals surface area contributed by atoms with Gasteiger partial charge in [0.05, 0.1) is 11.1 Å². The van der Waals surface area contributed by atoms with E-state index >= 15 is 0 Å². The van der Waals surface area contributed by atoms with Gasteiger partial charge in [-0.3, -0.25) is 0 Å². The maximum atomic E-state index is 9.61. The van der Waals surface area contributed by atoms with E-state index in [4.69, 9.17) is 15.3 Å². The van der Waals surface area contributed by atoms with Crippen LogP contribution in [0.5, 0.6) is 0 Å². The number of nitriles is 5. The number of rotatable bonds is 4. The number of thiophene rings is 2. The lowest BCUT2D eigenvalue weighted by atomic mass is 9.94. The minimum atomic E-state index is -0.888. The van der Waals surface area contributed by atoms with Gasteiger partial charge in [0.25, 0.3) is 0 Å². The first-order valence-electron chi connectivity index (χ1n) is 9.15. The second kappa shape index (κ2) is 9.18. The molecule has 1 aliphatic heterocycles. The number of allylic oxidation sites excluding steroid dienone is 3. The highest BCUT2D eigenvalue weighted by Gasteiger charge is 2.38. The van der Waals surface area contributed by atoms with E-state index in [2.05, 4.69) is 12.1 Å². The van der Waals surface area contributed by atoms with Gasteiger partial charge in [0.15, 0.2) is 11.3 Å². The molecule has 2 aromatic rings. The smallest absolute Gasteiger partial charge is 0.172 e. The zero-order valence-electron chi connectivity index (χ0n) is 17.0. The van der Waals surface area contributed by atoms with Crippen LogP contribution in [0.2, 0.25) is 0 Å². The molecular formula is C24H13N5OS2. The molecule has 0 unspecified atom stereocenters. The largest absolute Gasteiger partial charge is 0.480 e. The normalized spacial score (nSPS) is 14.8. The molecule has 1 aliphatic rings. The van der Waals surface area contributed by atoms with E-state index in [0.29, 0.717) is 16.7 Å². The Balaban J connectivity index is 1.97. The zero-order valence-corrected chi connectivity index (χ0v) is 18.6. The molecule has 3 rings (SSSR count). The predicted octanol–water partition coefficient (Wildman–Crippen LogP) is 5.69. The van der Waals surface area contributed by atoms with Crippen molar-refractivity contribution in [1.82, 2.24) is 0 Å². The Bertz CT molecular complexity index is 1410. The third-order valence-electron chi connectivity index (χ3n) is 4.58. The molecule has 152 valence electrons. The summed E-state index contributed by atoms with van der Waals surface area (Å²) in [4.78, 5) is 2.32. The topological polar surface area (TPSA) is 128 Å². The Morgan fingerprint density at radius 1 is 0.969 bits per heavy atom. The third-order valence-corrected chi connectivity index (χ3v) is 6.53. The Hall–Kier alpha value is -4.39. The summed E-state index contributed by atoms with van der Waals surface area (Å²) in [7, 11) is 0. The lowest BCUT2D eigenvalue weighted by Crippen LogP contribution is -2.20. The van der Waals surface area contributed by atoms with E-state index in [0.717, 1.165) is 14.6 Å². The van der Waals surface area contributed by atoms with Crippen LogP contribution < -0.4 is 0 Å². The second-order valence-electron chi connectivity index (χ2n) is 6.96. The van der Waals surface area contributed by atoms with Gasteiger partial charge >= 0.3 is 0 Å². The number of nitrogens with zero attached hydrogens (tertiary/aromatic N) is 5. The number of ether oxygens (including phenoxy) is 1. The van der Waals surface area contributed by atoms with Crippen molar-refractivity contribution in [3.05, 3.63) is 72.3 Å². The molecule has 0 saturated heterocycles. The summed E-state index contributed by atoms with van der Waals surface area (Å²) in [5.74, 6) is -0.00652. The highest BCUT2D eigenvalue weighted by molar-refractivity contribution is 7.14. The van der Waals surface area contributed by atoms with Crippen molar-refractivity contribution in [3.8, 4) is 30.3 Å². The van der Waals surface area contributed by atoms with Crippen LogP contribution in [-0.4, -0.2) is 5.60 Å². The molecule has 0 fully saturated rings. The molecule has 6 nitrogen and oxygen atoms in total. The Labute approximate surface area is 193 Å². The summed E-state index contributed by atoms with van der Waals surface area (Å²) < 4.78 is 5.75. The molecule has 8 heteroatoms. The van der Waals surface area contributed by atoms with Crippen molar-refractivity contribution in [2.75, 3.05) is 0 Å². The zero-order chi connectivity index (χ0) is 23.3. The van der Waals surface area contributed by atoms with E-state index in [9.17, 15) is 15.8 Å². The molecule has 0 bridgehead atoms. The van der Waals surface area contributed by atoms with Crippen molar-refractivity contribution in [2.45, 2.75) is 19.4 Å². The van der Waals surface area contributed by atoms with Crippen molar-refractivity contribution in [3.63, 3.8) is 0 Å². The van der Waals surface area contributed by atoms with Gasteiger partial charge in [-0.25, -0.2) is 0 Å². The molecule has 0 saturated carbocycles. The standard InChI is InChI=1S/C24H13N5OS2/c1-24(2)20(19(14-29)23(30-24)17(12-27)13-28)5-3-18-4-6-21(32-18)16(11-26)9-22-15(10-25)7-8-31-22/h3-9H,1-2H3. The third kappa shape index (κ3) is 4.22. The van der Waals surface area contributed by atoms with Gasteiger partial charge in [0.1, 0.15) is 41.5 Å². The fraction of sp³-hybridized carbons (Fsp3) is 0.125. The molecule has 0 radical (unpaired) electrons. The summed E-state index contributed by atoms with van der Waals surface area (Å²) >= 11 is 2.79. The average molecular weight is 452 g/mol. The van der Waals surface area contributed by atoms with Gasteiger partial charge < -0.3 is 4.74 Å². The first-order chi connectivity index (χ1) is 15.4. The Morgan fingerprint density at radius 3 is 2.34 bits per heavy atom. The number of hydrogen-bond acceptors (Lipinski definition) is 8. The van der Waals surface area contributed by atoms with Crippen LogP contribution in [-0.2, 0) is 4.74 Å². The summed E-state index contributed by atoms with van der Waals surface area (Å²) in [6.07, 6.45) is 5.24. The monoisotopic (exact) mass is 451 g/mol. The van der Waals surface area contributed by atoms with E-state index < -0.39 is 5.60 Å². The molecular weight excluding hydrogens is 438 g/mol. The Morgan fingerprint density at radius 2 is 1.72 bits per heavy atom. The van der Waals surface area contributed by atoms with E-state index in [-0.39, 0.29) is 16.9 Å². The maximum Gasteiger partial charge on any atom is 0.172 e. The van der Waals surface area contributed by atoms with Crippen LogP contribution in [0.15, 0.2) is 52.1 Å². The molecule has 32 heavy (non-hydrogen) atoms. The molecule has 0 aromatic carbocycles. The van der Waals surface area contributed by atoms with Crippen LogP contribution in [0.3, 0.4) is 0 Å². The summed E-state index contributed by atoms with van der Waals surface area (Å²) in [5, 5.41) is 48.5. The van der Waals surface area contributed by atoms with E-state index in [1.54, 1.807) is 55.7 Å². The van der Waals surface area contributed by atoms with E-state index in [1.165, 1.54) is 22.7 Å². The van der Waals surface area contributed by atoms with Crippen LogP contribution in [0.4, 0.5) is 0 Å². The molecule has 0 atom stereocenters. The average Bonchev–Trinajstić information content (AvgIpc) is 3.48. The molecule has 3 heterocycles. The molecule has 0 aliphatic carbocycles. The Kier molecular flexibility index (Phi) is 6.39. The minimum Gasteiger partial charge on any atom is -0.480 e. The quantitative estimate of drug-likeness (QED) is 0.549. The molecule has 0 amide bonds. The minimum absolute atomic E-state index is 0.00652. The van der Waals surface area contributed by atoms with Crippen LogP contribution in [0.1, 0.15) is 34.0 Å². The van der Waals surface area contributed by atoms with Crippen molar-refractivity contribution in [2.24, 2.45) is 0 Å². The molecule has 0 N–H and O–H groups in total. The van der Waals surface area contributed by atoms with Crippen molar-refractivity contribution in [1.29, 1.82) is 26.3 Å². The highest BCUT2D eigenvalue weighted by atomic mass is 32.1. The van der Waals surface area contributed by atoms with E-state index in [1.807, 2.05) is 18.2 Å². The summed E-state index contributed by atoms with van der Waals surface area (Å²) in [6, 6.07) is 15.3. The van der Waals surface area contributed by atoms with Gasteiger partial charge in [-0.05, 0) is 49.6 Å². The lowest BCUT2D eigenvalue weighted by molar-refractivity contribution is 0.0954. The van der Waals surface area contributed by atoms with Gasteiger partial charge in [-0.2, -0.15) is 26.3 Å². The summed E-state index contributed by atoms with van der Waals surface area (Å²) in [5.41, 5.74) is 0.553. The fourth-order valence-corrected chi connectivity index (χ4v) is 4.70. The van der Waals surface area contributed by atoms with Crippen LogP contribution in [0, 0.1) is 56.7 Å². The first-order valence-corrected chi connectivity index (χ1v) is 10.8. The summed E-state index contributed by atoms with van der Waals surface area (Å²) in [6.45, 7) is 3.52. The van der Waals surface area contributed by atoms with Gasteiger partial charge in [0.2, 0.25) is 0 Å². The maximum absolute atomic E-state index is 9.61. The van der Waals surface area contributed by atoms with Crippen molar-refractivity contribution < 1.29 is 4.74 Å². The predicted molar refractivity (Wildman–Crippen MR) is 122 cm³/mol. The van der Waals surface area contributed by atoms with Gasteiger partial charge in [-0.15, -0.1) is 22.7 Å². The van der Waals surface area contributed by atoms with Gasteiger partial charge in [0, 0.05) is 20.2 Å². The molecule has 2 aromatic heterocycles. The van der Waals surface area contributed by atoms with Crippen molar-refractivity contribution >= 4 is 40.4 Å². The SMILES string of the molecule is CC1(C)OC(=C(C#N)C#N)C(C#N)=C1C=Cc1ccc(C(C#N)=Cc2sccc2C#N)s1. The number of hydrogen-bond donors (Lipinski definition) is 0. The molecule has 0 spiro atoms. The highest BCUT2D eigenvalue weighted by Crippen LogP contribution is 2.40. The van der Waals surface area contributed by atoms with Crippen LogP contribution >= 0.6 is 22.7 Å². The second-order valence-corrected chi connectivity index (χ2v) is 9.02. The van der Waals surface area contributed by atoms with Gasteiger partial charge in [-0.1, -0.05) is 6.08 Å².